The van der Waals surface area contributed by atoms with Gasteiger partial charge in [-0.3, -0.25) is 0 Å². The minimum atomic E-state index is 0.523. The maximum absolute atomic E-state index is 9.10. The zero-order valence-corrected chi connectivity index (χ0v) is 13.8. The highest BCUT2D eigenvalue weighted by Gasteiger charge is 2.17. The van der Waals surface area contributed by atoms with Gasteiger partial charge in [0.1, 0.15) is 6.07 Å². The molecule has 4 rings (SSSR count). The van der Waals surface area contributed by atoms with Crippen LogP contribution < -0.4 is 0 Å². The molecule has 0 saturated heterocycles. The Labute approximate surface area is 133 Å². The van der Waals surface area contributed by atoms with Crippen LogP contribution in [0.3, 0.4) is 0 Å². The number of nitrogens with one attached hydrogen (secondary N) is 1. The van der Waals surface area contributed by atoms with Gasteiger partial charge in [0.05, 0.1) is 15.7 Å². The van der Waals surface area contributed by atoms with E-state index in [0.29, 0.717) is 5.01 Å². The molecular formula is C16H10BrN3S. The van der Waals surface area contributed by atoms with Crippen LogP contribution >= 0.6 is 27.3 Å². The van der Waals surface area contributed by atoms with Crippen LogP contribution in [0, 0.1) is 25.2 Å². The number of hydrogen-bond acceptors (Lipinski definition) is 3. The van der Waals surface area contributed by atoms with E-state index in [1.54, 1.807) is 0 Å². The Kier molecular flexibility index (Phi) is 2.62. The smallest absolute Gasteiger partial charge is 0.195 e. The maximum Gasteiger partial charge on any atom is 0.195 e. The fourth-order valence-electron chi connectivity index (χ4n) is 2.94. The zero-order chi connectivity index (χ0) is 14.7. The van der Waals surface area contributed by atoms with Gasteiger partial charge in [0, 0.05) is 20.8 Å². The first-order chi connectivity index (χ1) is 10.1. The van der Waals surface area contributed by atoms with E-state index in [4.69, 9.17) is 5.26 Å². The van der Waals surface area contributed by atoms with Crippen molar-refractivity contribution in [1.29, 1.82) is 5.26 Å². The van der Waals surface area contributed by atoms with Crippen molar-refractivity contribution < 1.29 is 0 Å². The van der Waals surface area contributed by atoms with Gasteiger partial charge in [0.15, 0.2) is 5.01 Å². The highest BCUT2D eigenvalue weighted by atomic mass is 79.9. The van der Waals surface area contributed by atoms with Crippen LogP contribution in [-0.4, -0.2) is 9.97 Å². The molecule has 0 spiro atoms. The summed E-state index contributed by atoms with van der Waals surface area (Å²) in [5.74, 6) is 0. The van der Waals surface area contributed by atoms with Crippen LogP contribution in [0.1, 0.15) is 16.1 Å². The minimum Gasteiger partial charge on any atom is -0.354 e. The van der Waals surface area contributed by atoms with Gasteiger partial charge in [-0.05, 0) is 43.2 Å². The average molecular weight is 356 g/mol. The standard InChI is InChI=1S/C16H10BrN3S/c1-7-13-10-5-9(17)3-4-11(10)19-14(13)8(2)16-15(7)20-12(6-18)21-16/h3-5,19H,1-2H3. The molecule has 0 aliphatic carbocycles. The van der Waals surface area contributed by atoms with E-state index in [1.165, 1.54) is 22.1 Å². The predicted molar refractivity (Wildman–Crippen MR) is 90.9 cm³/mol. The molecule has 102 valence electrons. The van der Waals surface area contributed by atoms with E-state index in [1.807, 2.05) is 6.07 Å². The van der Waals surface area contributed by atoms with Gasteiger partial charge in [0.2, 0.25) is 0 Å². The molecule has 0 saturated carbocycles. The molecule has 21 heavy (non-hydrogen) atoms. The molecule has 0 aliphatic heterocycles. The number of benzene rings is 2. The molecule has 1 N–H and O–H groups in total. The van der Waals surface area contributed by atoms with E-state index in [2.05, 4.69) is 57.9 Å². The van der Waals surface area contributed by atoms with Gasteiger partial charge in [0.25, 0.3) is 0 Å². The summed E-state index contributed by atoms with van der Waals surface area (Å²) in [6, 6.07) is 8.40. The molecule has 2 aromatic carbocycles. The number of nitrogens with zero attached hydrogens (tertiary/aromatic N) is 2. The second-order valence-corrected chi connectivity index (χ2v) is 7.04. The first-order valence-electron chi connectivity index (χ1n) is 6.51. The Morgan fingerprint density at radius 2 is 2.10 bits per heavy atom. The normalized spacial score (nSPS) is 11.5. The highest BCUT2D eigenvalue weighted by molar-refractivity contribution is 9.10. The lowest BCUT2D eigenvalue weighted by Crippen LogP contribution is -1.84. The molecule has 0 amide bonds. The molecule has 2 aromatic heterocycles. The van der Waals surface area contributed by atoms with E-state index in [9.17, 15) is 0 Å². The number of aryl methyl sites for hydroxylation is 2. The van der Waals surface area contributed by atoms with Crippen LogP contribution in [0.5, 0.6) is 0 Å². The second-order valence-electron chi connectivity index (χ2n) is 5.12. The minimum absolute atomic E-state index is 0.523. The monoisotopic (exact) mass is 355 g/mol. The Balaban J connectivity index is 2.31. The number of fused-ring (bicyclic) bond motifs is 4. The lowest BCUT2D eigenvalue weighted by atomic mass is 10.0. The van der Waals surface area contributed by atoms with E-state index in [-0.39, 0.29) is 0 Å². The second kappa shape index (κ2) is 4.30. The van der Waals surface area contributed by atoms with Crippen LogP contribution in [-0.2, 0) is 0 Å². The molecule has 0 bridgehead atoms. The Morgan fingerprint density at radius 1 is 1.29 bits per heavy atom. The fraction of sp³-hybridized carbons (Fsp3) is 0.125. The van der Waals surface area contributed by atoms with Crippen LogP contribution in [0.15, 0.2) is 22.7 Å². The highest BCUT2D eigenvalue weighted by Crippen LogP contribution is 2.39. The largest absolute Gasteiger partial charge is 0.354 e. The number of thiazole rings is 1. The van der Waals surface area contributed by atoms with Crippen LogP contribution in [0.2, 0.25) is 0 Å². The number of rotatable bonds is 0. The predicted octanol–water partition coefficient (Wildman–Crippen LogP) is 5.18. The van der Waals surface area contributed by atoms with Crippen molar-refractivity contribution in [1.82, 2.24) is 9.97 Å². The number of aromatic nitrogens is 2. The topological polar surface area (TPSA) is 52.5 Å². The van der Waals surface area contributed by atoms with Crippen molar-refractivity contribution in [3.05, 3.63) is 38.8 Å². The average Bonchev–Trinajstić information content (AvgIpc) is 3.06. The van der Waals surface area contributed by atoms with Crippen LogP contribution in [0.4, 0.5) is 0 Å². The number of aromatic amines is 1. The molecule has 0 aliphatic rings. The summed E-state index contributed by atoms with van der Waals surface area (Å²) in [4.78, 5) is 7.99. The molecular weight excluding hydrogens is 346 g/mol. The van der Waals surface area contributed by atoms with Crippen molar-refractivity contribution in [2.75, 3.05) is 0 Å². The Morgan fingerprint density at radius 3 is 2.86 bits per heavy atom. The lowest BCUT2D eigenvalue weighted by Gasteiger charge is -2.03. The molecule has 2 heterocycles. The molecule has 5 heteroatoms. The van der Waals surface area contributed by atoms with E-state index in [0.717, 1.165) is 36.8 Å². The number of H-pyrrole nitrogens is 1. The summed E-state index contributed by atoms with van der Waals surface area (Å²) in [6.07, 6.45) is 0. The number of nitriles is 1. The first kappa shape index (κ1) is 12.8. The van der Waals surface area contributed by atoms with E-state index >= 15 is 0 Å². The molecule has 0 atom stereocenters. The molecule has 0 fully saturated rings. The fourth-order valence-corrected chi connectivity index (χ4v) is 4.23. The molecule has 0 unspecified atom stereocenters. The summed E-state index contributed by atoms with van der Waals surface area (Å²) in [7, 11) is 0. The summed E-state index contributed by atoms with van der Waals surface area (Å²) < 4.78 is 2.16. The van der Waals surface area contributed by atoms with Gasteiger partial charge < -0.3 is 4.98 Å². The summed E-state index contributed by atoms with van der Waals surface area (Å²) in [5, 5.41) is 12.0. The van der Waals surface area contributed by atoms with Gasteiger partial charge in [-0.15, -0.1) is 11.3 Å². The lowest BCUT2D eigenvalue weighted by molar-refractivity contribution is 1.38. The summed E-state index contributed by atoms with van der Waals surface area (Å²) >= 11 is 5.00. The zero-order valence-electron chi connectivity index (χ0n) is 11.4. The summed E-state index contributed by atoms with van der Waals surface area (Å²) in [5.41, 5.74) is 5.51. The molecule has 4 aromatic rings. The first-order valence-corrected chi connectivity index (χ1v) is 8.12. The number of hydrogen-bond donors (Lipinski definition) is 1. The van der Waals surface area contributed by atoms with Gasteiger partial charge in [-0.2, -0.15) is 5.26 Å². The van der Waals surface area contributed by atoms with Crippen molar-refractivity contribution in [3.63, 3.8) is 0 Å². The maximum atomic E-state index is 9.10. The van der Waals surface area contributed by atoms with Crippen LogP contribution in [0.25, 0.3) is 32.0 Å². The van der Waals surface area contributed by atoms with Crippen molar-refractivity contribution in [2.24, 2.45) is 0 Å². The summed E-state index contributed by atoms with van der Waals surface area (Å²) in [6.45, 7) is 4.17. The van der Waals surface area contributed by atoms with Crippen molar-refractivity contribution >= 4 is 59.3 Å². The number of halogens is 1. The Hall–Kier alpha value is -1.90. The van der Waals surface area contributed by atoms with Gasteiger partial charge >= 0.3 is 0 Å². The molecule has 3 nitrogen and oxygen atoms in total. The third kappa shape index (κ3) is 1.66. The van der Waals surface area contributed by atoms with Crippen molar-refractivity contribution in [3.8, 4) is 6.07 Å². The third-order valence-electron chi connectivity index (χ3n) is 3.93. The van der Waals surface area contributed by atoms with E-state index < -0.39 is 0 Å². The quantitative estimate of drug-likeness (QED) is 0.472. The van der Waals surface area contributed by atoms with Gasteiger partial charge in [-0.25, -0.2) is 4.98 Å². The Bertz CT molecular complexity index is 1080. The third-order valence-corrected chi connectivity index (χ3v) is 5.50. The SMILES string of the molecule is Cc1c2[nH]c3ccc(Br)cc3c2c(C)c2nc(C#N)sc12. The van der Waals surface area contributed by atoms with Gasteiger partial charge in [-0.1, -0.05) is 15.9 Å². The van der Waals surface area contributed by atoms with Crippen molar-refractivity contribution in [2.45, 2.75) is 13.8 Å². The molecule has 0 radical (unpaired) electrons.